The summed E-state index contributed by atoms with van der Waals surface area (Å²) in [6.07, 6.45) is -0.196. The van der Waals surface area contributed by atoms with Gasteiger partial charge in [0, 0.05) is 12.7 Å². The Bertz CT molecular complexity index is 500. The largest absolute Gasteiger partial charge is 0.355 e. The molecule has 1 aromatic rings. The van der Waals surface area contributed by atoms with Gasteiger partial charge in [-0.05, 0) is 25.1 Å². The average Bonchev–Trinajstić information content (AvgIpc) is 2.29. The molecule has 0 aromatic heterocycles. The van der Waals surface area contributed by atoms with Gasteiger partial charge in [-0.2, -0.15) is 0 Å². The smallest absolute Gasteiger partial charge is 0.252 e. The maximum atomic E-state index is 11.5. The fourth-order valence-electron chi connectivity index (χ4n) is 1.34. The lowest BCUT2D eigenvalue weighted by Crippen LogP contribution is -2.19. The van der Waals surface area contributed by atoms with Crippen molar-refractivity contribution >= 4 is 34.9 Å². The van der Waals surface area contributed by atoms with Crippen LogP contribution in [0.4, 0.5) is 5.69 Å². The number of amides is 2. The Balaban J connectivity index is 2.88. The van der Waals surface area contributed by atoms with Crippen LogP contribution in [0.15, 0.2) is 18.2 Å². The summed E-state index contributed by atoms with van der Waals surface area (Å²) in [6, 6.07) is 4.53. The van der Waals surface area contributed by atoms with Gasteiger partial charge in [0.05, 0.1) is 17.0 Å². The van der Waals surface area contributed by atoms with E-state index in [1.807, 2.05) is 0 Å². The number of hydrogen-bond acceptors (Lipinski definition) is 3. The summed E-state index contributed by atoms with van der Waals surface area (Å²) in [4.78, 5) is 33.7. The molecule has 18 heavy (non-hydrogen) atoms. The molecule has 1 rings (SSSR count). The topological polar surface area (TPSA) is 75.3 Å². The molecule has 0 bridgehead atoms. The lowest BCUT2D eigenvalue weighted by Gasteiger charge is -2.07. The van der Waals surface area contributed by atoms with Crippen molar-refractivity contribution in [3.63, 3.8) is 0 Å². The van der Waals surface area contributed by atoms with Crippen LogP contribution in [0.3, 0.4) is 0 Å². The highest BCUT2D eigenvalue weighted by Gasteiger charge is 2.11. The molecular weight excluding hydrogens is 256 g/mol. The van der Waals surface area contributed by atoms with E-state index in [1.54, 1.807) is 6.07 Å². The van der Waals surface area contributed by atoms with Gasteiger partial charge in [0.15, 0.2) is 0 Å². The fraction of sp³-hybridized carbons (Fsp3) is 0.250. The highest BCUT2D eigenvalue weighted by Crippen LogP contribution is 2.20. The second kappa shape index (κ2) is 6.16. The molecule has 2 amide bonds. The first kappa shape index (κ1) is 14.2. The number of Topliss-reactive ketones (excluding diaryl/α,β-unsaturated/α-hetero) is 1. The van der Waals surface area contributed by atoms with Crippen molar-refractivity contribution in [2.75, 3.05) is 12.4 Å². The van der Waals surface area contributed by atoms with Crippen LogP contribution in [0.1, 0.15) is 23.7 Å². The summed E-state index contributed by atoms with van der Waals surface area (Å²) in [7, 11) is 1.49. The molecule has 5 nitrogen and oxygen atoms in total. The van der Waals surface area contributed by atoms with Crippen molar-refractivity contribution in [2.24, 2.45) is 0 Å². The molecule has 0 aliphatic heterocycles. The molecule has 0 unspecified atom stereocenters. The number of halogens is 1. The molecule has 0 saturated carbocycles. The van der Waals surface area contributed by atoms with Crippen LogP contribution in [-0.2, 0) is 9.59 Å². The Morgan fingerprint density at radius 2 is 1.94 bits per heavy atom. The molecule has 0 atom stereocenters. The van der Waals surface area contributed by atoms with Crippen molar-refractivity contribution in [1.29, 1.82) is 0 Å². The fourth-order valence-corrected chi connectivity index (χ4v) is 1.55. The third kappa shape index (κ3) is 3.85. The first-order valence-corrected chi connectivity index (χ1v) is 5.62. The first-order valence-electron chi connectivity index (χ1n) is 5.25. The molecule has 0 saturated heterocycles. The number of anilines is 1. The van der Waals surface area contributed by atoms with Gasteiger partial charge in [-0.25, -0.2) is 0 Å². The number of carbonyl (C=O) groups excluding carboxylic acids is 3. The van der Waals surface area contributed by atoms with Crippen LogP contribution in [0.2, 0.25) is 5.02 Å². The minimum atomic E-state index is -0.423. The zero-order chi connectivity index (χ0) is 13.7. The summed E-state index contributed by atoms with van der Waals surface area (Å²) in [6.45, 7) is 1.33. The van der Waals surface area contributed by atoms with E-state index in [0.29, 0.717) is 10.7 Å². The Hall–Kier alpha value is -1.88. The van der Waals surface area contributed by atoms with E-state index >= 15 is 0 Å². The second-order valence-electron chi connectivity index (χ2n) is 3.70. The molecule has 1 aromatic carbocycles. The Morgan fingerprint density at radius 1 is 1.28 bits per heavy atom. The van der Waals surface area contributed by atoms with Crippen LogP contribution < -0.4 is 10.6 Å². The molecular formula is C12H13ClN2O3. The molecule has 96 valence electrons. The SMILES string of the molecule is CNC(=O)c1cc(NC(=O)CC(C)=O)ccc1Cl. The Kier molecular flexibility index (Phi) is 4.85. The van der Waals surface area contributed by atoms with Crippen LogP contribution in [0.25, 0.3) is 0 Å². The zero-order valence-corrected chi connectivity index (χ0v) is 10.8. The van der Waals surface area contributed by atoms with Gasteiger partial charge in [-0.15, -0.1) is 0 Å². The summed E-state index contributed by atoms with van der Waals surface area (Å²) in [5, 5.41) is 5.26. The van der Waals surface area contributed by atoms with Gasteiger partial charge in [0.25, 0.3) is 5.91 Å². The van der Waals surface area contributed by atoms with Crippen LogP contribution in [-0.4, -0.2) is 24.6 Å². The monoisotopic (exact) mass is 268 g/mol. The summed E-state index contributed by atoms with van der Waals surface area (Å²) < 4.78 is 0. The van der Waals surface area contributed by atoms with E-state index in [2.05, 4.69) is 10.6 Å². The van der Waals surface area contributed by atoms with Crippen molar-refractivity contribution in [3.05, 3.63) is 28.8 Å². The third-order valence-corrected chi connectivity index (χ3v) is 2.46. The van der Waals surface area contributed by atoms with Crippen LogP contribution in [0, 0.1) is 0 Å². The molecule has 2 N–H and O–H groups in total. The standard InChI is InChI=1S/C12H13ClN2O3/c1-7(16)5-11(17)15-8-3-4-10(13)9(6-8)12(18)14-2/h3-4,6H,5H2,1-2H3,(H,14,18)(H,15,17). The number of benzene rings is 1. The molecule has 0 aliphatic rings. The second-order valence-corrected chi connectivity index (χ2v) is 4.11. The van der Waals surface area contributed by atoms with Crippen LogP contribution >= 0.6 is 11.6 Å². The Morgan fingerprint density at radius 3 is 2.50 bits per heavy atom. The average molecular weight is 269 g/mol. The minimum Gasteiger partial charge on any atom is -0.355 e. The van der Waals surface area contributed by atoms with E-state index < -0.39 is 5.91 Å². The number of carbonyl (C=O) groups is 3. The van der Waals surface area contributed by atoms with Gasteiger partial charge in [0.2, 0.25) is 5.91 Å². The predicted molar refractivity (Wildman–Crippen MR) is 68.8 cm³/mol. The quantitative estimate of drug-likeness (QED) is 0.815. The predicted octanol–water partition coefficient (Wildman–Crippen LogP) is 1.62. The maximum Gasteiger partial charge on any atom is 0.252 e. The van der Waals surface area contributed by atoms with Gasteiger partial charge in [-0.1, -0.05) is 11.6 Å². The summed E-state index contributed by atoms with van der Waals surface area (Å²) in [5.41, 5.74) is 0.684. The third-order valence-electron chi connectivity index (χ3n) is 2.13. The molecule has 0 radical (unpaired) electrons. The van der Waals surface area contributed by atoms with Crippen molar-refractivity contribution in [3.8, 4) is 0 Å². The molecule has 6 heteroatoms. The lowest BCUT2D eigenvalue weighted by atomic mass is 10.2. The zero-order valence-electron chi connectivity index (χ0n) is 10.0. The van der Waals surface area contributed by atoms with Gasteiger partial charge < -0.3 is 10.6 Å². The highest BCUT2D eigenvalue weighted by atomic mass is 35.5. The number of ketones is 1. The van der Waals surface area contributed by atoms with Crippen LogP contribution in [0.5, 0.6) is 0 Å². The lowest BCUT2D eigenvalue weighted by molar-refractivity contribution is -0.124. The van der Waals surface area contributed by atoms with E-state index in [-0.39, 0.29) is 23.7 Å². The van der Waals surface area contributed by atoms with Gasteiger partial charge >= 0.3 is 0 Å². The normalized spacial score (nSPS) is 9.72. The van der Waals surface area contributed by atoms with E-state index in [4.69, 9.17) is 11.6 Å². The molecule has 0 spiro atoms. The van der Waals surface area contributed by atoms with Gasteiger partial charge in [-0.3, -0.25) is 14.4 Å². The Labute approximate surface area is 110 Å². The van der Waals surface area contributed by atoms with E-state index in [9.17, 15) is 14.4 Å². The first-order chi connectivity index (χ1) is 8.43. The molecule has 0 heterocycles. The van der Waals surface area contributed by atoms with Crippen molar-refractivity contribution in [1.82, 2.24) is 5.32 Å². The van der Waals surface area contributed by atoms with Gasteiger partial charge in [0.1, 0.15) is 5.78 Å². The number of rotatable bonds is 4. The summed E-state index contributed by atoms with van der Waals surface area (Å²) in [5.74, 6) is -0.997. The minimum absolute atomic E-state index is 0.196. The van der Waals surface area contributed by atoms with E-state index in [0.717, 1.165) is 0 Å². The number of hydrogen-bond donors (Lipinski definition) is 2. The van der Waals surface area contributed by atoms with E-state index in [1.165, 1.54) is 26.1 Å². The summed E-state index contributed by atoms with van der Waals surface area (Å²) >= 11 is 5.86. The number of nitrogens with one attached hydrogen (secondary N) is 2. The molecule has 0 fully saturated rings. The maximum absolute atomic E-state index is 11.5. The highest BCUT2D eigenvalue weighted by molar-refractivity contribution is 6.34. The van der Waals surface area contributed by atoms with Crippen molar-refractivity contribution in [2.45, 2.75) is 13.3 Å². The molecule has 0 aliphatic carbocycles. The van der Waals surface area contributed by atoms with Crippen molar-refractivity contribution < 1.29 is 14.4 Å².